The van der Waals surface area contributed by atoms with E-state index in [4.69, 9.17) is 13.8 Å². The SMILES string of the molecule is [2H]c1c([2H])c([2H])c(-c2cccc(-c3cccc(C(C)(C)C)c3)c2N2CN(c3cccc(Oc4ccc5c6cc(-c7ccccc7)ccc6n(-c6cc(C(C)(C)c7ccccc7)ccn6)c5c4)c3)c3ccccc32)c([2H])c1[2H]. The molecule has 0 bridgehead atoms. The predicted octanol–water partition coefficient (Wildman–Crippen LogP) is 17.8. The lowest BCUT2D eigenvalue weighted by Gasteiger charge is -2.28. The summed E-state index contributed by atoms with van der Waals surface area (Å²) in [7, 11) is 0. The Kier molecular flexibility index (Phi) is 9.74. The van der Waals surface area contributed by atoms with Crippen molar-refractivity contribution in [1.82, 2.24) is 9.55 Å². The van der Waals surface area contributed by atoms with Crippen LogP contribution >= 0.6 is 0 Å². The van der Waals surface area contributed by atoms with Crippen molar-refractivity contribution in [2.24, 2.45) is 0 Å². The number of nitrogens with zero attached hydrogens (tertiary/aromatic N) is 4. The minimum atomic E-state index is -0.427. The summed E-state index contributed by atoms with van der Waals surface area (Å²) in [6.07, 6.45) is 1.91. The zero-order chi connectivity index (χ0) is 53.3. The van der Waals surface area contributed by atoms with Gasteiger partial charge in [-0.3, -0.25) is 4.57 Å². The van der Waals surface area contributed by atoms with Crippen LogP contribution in [-0.4, -0.2) is 16.2 Å². The maximum absolute atomic E-state index is 9.18. The van der Waals surface area contributed by atoms with Crippen LogP contribution in [0.1, 0.15) is 58.2 Å². The van der Waals surface area contributed by atoms with E-state index in [1.54, 1.807) is 0 Å². The fraction of sp³-hybridized carbons (Fsp3) is 0.119. The molecule has 2 aromatic heterocycles. The van der Waals surface area contributed by atoms with Crippen molar-refractivity contribution >= 4 is 44.6 Å². The molecule has 0 unspecified atom stereocenters. The van der Waals surface area contributed by atoms with Gasteiger partial charge in [0.25, 0.3) is 0 Å². The van der Waals surface area contributed by atoms with Gasteiger partial charge < -0.3 is 14.5 Å². The fourth-order valence-corrected chi connectivity index (χ4v) is 10.4. The Labute approximate surface area is 429 Å². The van der Waals surface area contributed by atoms with Gasteiger partial charge in [0.05, 0.1) is 34.9 Å². The Morgan fingerprint density at radius 3 is 1.92 bits per heavy atom. The van der Waals surface area contributed by atoms with Crippen molar-refractivity contribution in [3.63, 3.8) is 0 Å². The van der Waals surface area contributed by atoms with Crippen LogP contribution in [0.4, 0.5) is 22.7 Å². The van der Waals surface area contributed by atoms with E-state index in [-0.39, 0.29) is 40.6 Å². The maximum Gasteiger partial charge on any atom is 0.137 e. The van der Waals surface area contributed by atoms with Crippen LogP contribution in [0.5, 0.6) is 11.5 Å². The predicted molar refractivity (Wildman–Crippen MR) is 301 cm³/mol. The Morgan fingerprint density at radius 1 is 0.472 bits per heavy atom. The number of hydrogen-bond acceptors (Lipinski definition) is 4. The number of hydrogen-bond donors (Lipinski definition) is 0. The van der Waals surface area contributed by atoms with E-state index in [1.807, 2.05) is 54.7 Å². The third kappa shape index (κ3) is 8.07. The van der Waals surface area contributed by atoms with E-state index in [1.165, 1.54) is 5.56 Å². The second-order valence-electron chi connectivity index (χ2n) is 20.1. The van der Waals surface area contributed by atoms with Gasteiger partial charge >= 0.3 is 0 Å². The molecule has 3 heterocycles. The monoisotopic (exact) mass is 937 g/mol. The van der Waals surface area contributed by atoms with Crippen molar-refractivity contribution in [3.05, 3.63) is 253 Å². The first-order valence-electron chi connectivity index (χ1n) is 27.0. The van der Waals surface area contributed by atoms with Gasteiger partial charge in [0.2, 0.25) is 0 Å². The van der Waals surface area contributed by atoms with Crippen LogP contribution in [0.25, 0.3) is 61.0 Å². The molecular weight excluding hydrogens is 877 g/mol. The van der Waals surface area contributed by atoms with Gasteiger partial charge in [-0.1, -0.05) is 192 Å². The minimum absolute atomic E-state index is 0.134. The lowest BCUT2D eigenvalue weighted by Crippen LogP contribution is -2.25. The van der Waals surface area contributed by atoms with Crippen LogP contribution < -0.4 is 14.5 Å². The Morgan fingerprint density at radius 2 is 1.14 bits per heavy atom. The standard InChI is InChI=1S/C67H56N4O/c1-66(2,3)51-27-17-24-49(40-51)57-31-19-30-56(47-22-11-7-12-23-47)65(57)70-45-69(61-32-15-16-33-62(61)70)53-28-18-29-54(43-53)72-55-35-36-58-59-41-48(46-20-9-6-10-21-46)34-37-60(59)71(63(58)44-55)64-42-52(38-39-68-64)67(4,5)50-25-13-8-14-26-50/h6-44H,45H2,1-5H3/i7D,11D,12D,22D,23D. The highest BCUT2D eigenvalue weighted by Gasteiger charge is 2.32. The molecule has 5 nitrogen and oxygen atoms in total. The average Bonchev–Trinajstić information content (AvgIpc) is 4.18. The molecule has 0 saturated carbocycles. The molecule has 0 radical (unpaired) electrons. The second-order valence-corrected chi connectivity index (χ2v) is 20.1. The fourth-order valence-electron chi connectivity index (χ4n) is 10.4. The molecule has 1 aliphatic heterocycles. The van der Waals surface area contributed by atoms with Gasteiger partial charge in [-0.2, -0.15) is 0 Å². The van der Waals surface area contributed by atoms with E-state index in [9.17, 15) is 2.74 Å². The quantitative estimate of drug-likeness (QED) is 0.137. The summed E-state index contributed by atoms with van der Waals surface area (Å²) >= 11 is 0. The molecule has 0 saturated heterocycles. The highest BCUT2D eigenvalue weighted by atomic mass is 16.5. The van der Waals surface area contributed by atoms with Crippen LogP contribution in [0, 0.1) is 0 Å². The van der Waals surface area contributed by atoms with E-state index >= 15 is 0 Å². The molecule has 0 amide bonds. The Bertz CT molecular complexity index is 4060. The molecule has 0 atom stereocenters. The number of pyridine rings is 1. The van der Waals surface area contributed by atoms with E-state index in [0.717, 1.165) is 83.8 Å². The normalized spacial score (nSPS) is 13.7. The maximum atomic E-state index is 9.18. The first-order chi connectivity index (χ1) is 37.2. The molecule has 0 fully saturated rings. The topological polar surface area (TPSA) is 33.5 Å². The third-order valence-corrected chi connectivity index (χ3v) is 14.3. The third-order valence-electron chi connectivity index (χ3n) is 14.3. The van der Waals surface area contributed by atoms with Crippen molar-refractivity contribution in [2.75, 3.05) is 16.5 Å². The zero-order valence-electron chi connectivity index (χ0n) is 46.0. The summed E-state index contributed by atoms with van der Waals surface area (Å²) < 4.78 is 53.3. The van der Waals surface area contributed by atoms with E-state index in [0.29, 0.717) is 23.7 Å². The van der Waals surface area contributed by atoms with Gasteiger partial charge in [0, 0.05) is 51.3 Å². The lowest BCUT2D eigenvalue weighted by atomic mass is 9.78. The zero-order valence-corrected chi connectivity index (χ0v) is 41.0. The molecule has 1 aliphatic rings. The first kappa shape index (κ1) is 39.1. The number of anilines is 4. The molecule has 12 rings (SSSR count). The van der Waals surface area contributed by atoms with Gasteiger partial charge in [-0.25, -0.2) is 4.98 Å². The summed E-state index contributed by atoms with van der Waals surface area (Å²) in [5.41, 5.74) is 13.4. The van der Waals surface area contributed by atoms with Crippen molar-refractivity contribution in [2.45, 2.75) is 45.4 Å². The van der Waals surface area contributed by atoms with Gasteiger partial charge in [-0.15, -0.1) is 0 Å². The van der Waals surface area contributed by atoms with Crippen LogP contribution in [-0.2, 0) is 10.8 Å². The number of para-hydroxylation sites is 3. The number of benzene rings is 9. The summed E-state index contributed by atoms with van der Waals surface area (Å²) in [6.45, 7) is 11.4. The van der Waals surface area contributed by atoms with E-state index in [2.05, 4.69) is 201 Å². The van der Waals surface area contributed by atoms with Crippen LogP contribution in [0.15, 0.2) is 237 Å². The molecular formula is C67H56N4O. The molecule has 72 heavy (non-hydrogen) atoms. The summed E-state index contributed by atoms with van der Waals surface area (Å²) in [5.74, 6) is 2.13. The Hall–Kier alpha value is -8.67. The smallest absolute Gasteiger partial charge is 0.137 e. The van der Waals surface area contributed by atoms with Gasteiger partial charge in [0.15, 0.2) is 0 Å². The minimum Gasteiger partial charge on any atom is -0.457 e. The number of aromatic nitrogens is 2. The largest absolute Gasteiger partial charge is 0.457 e. The van der Waals surface area contributed by atoms with Crippen molar-refractivity contribution < 1.29 is 11.6 Å². The van der Waals surface area contributed by atoms with Gasteiger partial charge in [0.1, 0.15) is 24.0 Å². The first-order valence-corrected chi connectivity index (χ1v) is 24.5. The molecule has 0 N–H and O–H groups in total. The average molecular weight is 938 g/mol. The number of ether oxygens (including phenoxy) is 1. The summed E-state index contributed by atoms with van der Waals surface area (Å²) in [4.78, 5) is 9.47. The molecule has 9 aromatic carbocycles. The van der Waals surface area contributed by atoms with E-state index < -0.39 is 6.04 Å². The molecule has 5 heteroatoms. The van der Waals surface area contributed by atoms with Crippen molar-refractivity contribution in [1.29, 1.82) is 0 Å². The highest BCUT2D eigenvalue weighted by Crippen LogP contribution is 2.51. The molecule has 11 aromatic rings. The second kappa shape index (κ2) is 17.9. The molecule has 0 spiro atoms. The number of rotatable bonds is 10. The highest BCUT2D eigenvalue weighted by molar-refractivity contribution is 6.11. The Balaban J connectivity index is 0.953. The summed E-state index contributed by atoms with van der Waals surface area (Å²) in [5, 5.41) is 2.19. The van der Waals surface area contributed by atoms with Gasteiger partial charge in [-0.05, 0) is 105 Å². The number of fused-ring (bicyclic) bond motifs is 4. The van der Waals surface area contributed by atoms with Crippen LogP contribution in [0.2, 0.25) is 0 Å². The van der Waals surface area contributed by atoms with Crippen LogP contribution in [0.3, 0.4) is 0 Å². The summed E-state index contributed by atoms with van der Waals surface area (Å²) in [6, 6.07) is 67.3. The van der Waals surface area contributed by atoms with Crippen molar-refractivity contribution in [3.8, 4) is 50.7 Å². The lowest BCUT2D eigenvalue weighted by molar-refractivity contribution is 0.483. The molecule has 0 aliphatic carbocycles. The molecule has 350 valence electrons.